The zero-order valence-corrected chi connectivity index (χ0v) is 4.81. The Morgan fingerprint density at radius 2 is 2.12 bits per heavy atom. The molecule has 0 aromatic carbocycles. The lowest BCUT2D eigenvalue weighted by Crippen LogP contribution is -1.83. The van der Waals surface area contributed by atoms with Crippen LogP contribution in [0.25, 0.3) is 0 Å². The molecule has 0 amide bonds. The lowest BCUT2D eigenvalue weighted by molar-refractivity contribution is 0.882. The van der Waals surface area contributed by atoms with Gasteiger partial charge in [-0.2, -0.15) is 0 Å². The molecule has 0 saturated carbocycles. The van der Waals surface area contributed by atoms with E-state index in [1.165, 1.54) is 5.57 Å². The van der Waals surface area contributed by atoms with Crippen LogP contribution < -0.4 is 0 Å². The van der Waals surface area contributed by atoms with Gasteiger partial charge < -0.3 is 0 Å². The summed E-state index contributed by atoms with van der Waals surface area (Å²) in [5, 5.41) is 0. The Morgan fingerprint density at radius 3 is 2.25 bits per heavy atom. The van der Waals surface area contributed by atoms with Crippen LogP contribution in [0.15, 0.2) is 23.8 Å². The van der Waals surface area contributed by atoms with Gasteiger partial charge in [-0.25, -0.2) is 0 Å². The second-order valence-electron chi connectivity index (χ2n) is 2.08. The SMILES string of the molecule is CC1=CC=CC1C.[MgH2]. The Balaban J connectivity index is 0.000000490. The van der Waals surface area contributed by atoms with Crippen LogP contribution >= 0.6 is 0 Å². The molecule has 0 saturated heterocycles. The molecule has 0 aromatic heterocycles. The van der Waals surface area contributed by atoms with Crippen molar-refractivity contribution in [1.29, 1.82) is 0 Å². The number of hydrogen-bond acceptors (Lipinski definition) is 0. The zero-order chi connectivity index (χ0) is 5.28. The van der Waals surface area contributed by atoms with E-state index in [0.717, 1.165) is 0 Å². The standard InChI is InChI=1S/C7H10.Mg.2H/c1-6-4-3-5-7(6)2;;;/h3-6H,1-2H3;;;. The van der Waals surface area contributed by atoms with Crippen molar-refractivity contribution in [3.05, 3.63) is 23.8 Å². The molecule has 1 aliphatic rings. The quantitative estimate of drug-likeness (QED) is 0.422. The summed E-state index contributed by atoms with van der Waals surface area (Å²) in [6.07, 6.45) is 6.47. The van der Waals surface area contributed by atoms with Crippen molar-refractivity contribution in [3.8, 4) is 0 Å². The van der Waals surface area contributed by atoms with Crippen LogP contribution in [0.4, 0.5) is 0 Å². The lowest BCUT2D eigenvalue weighted by atomic mass is 10.1. The Hall–Kier alpha value is 0.246. The van der Waals surface area contributed by atoms with Crippen molar-refractivity contribution in [1.82, 2.24) is 0 Å². The van der Waals surface area contributed by atoms with E-state index in [2.05, 4.69) is 32.1 Å². The van der Waals surface area contributed by atoms with Gasteiger partial charge >= 0.3 is 23.1 Å². The van der Waals surface area contributed by atoms with E-state index in [0.29, 0.717) is 5.92 Å². The highest BCUT2D eigenvalue weighted by Gasteiger charge is 2.00. The molecular formula is C7H12Mg. The molecule has 0 aliphatic heterocycles. The summed E-state index contributed by atoms with van der Waals surface area (Å²) in [6, 6.07) is 0. The Bertz CT molecular complexity index is 122. The molecule has 0 N–H and O–H groups in total. The van der Waals surface area contributed by atoms with Crippen molar-refractivity contribution in [2.24, 2.45) is 5.92 Å². The van der Waals surface area contributed by atoms with E-state index in [-0.39, 0.29) is 23.1 Å². The van der Waals surface area contributed by atoms with Gasteiger partial charge in [-0.1, -0.05) is 30.7 Å². The molecule has 0 aromatic rings. The van der Waals surface area contributed by atoms with E-state index < -0.39 is 0 Å². The number of allylic oxidation sites excluding steroid dienone is 4. The van der Waals surface area contributed by atoms with E-state index >= 15 is 0 Å². The third-order valence-corrected chi connectivity index (χ3v) is 1.48. The van der Waals surface area contributed by atoms with Crippen LogP contribution in [0.5, 0.6) is 0 Å². The van der Waals surface area contributed by atoms with Crippen LogP contribution in [0.1, 0.15) is 13.8 Å². The topological polar surface area (TPSA) is 0 Å². The molecule has 1 heteroatoms. The molecule has 1 rings (SSSR count). The summed E-state index contributed by atoms with van der Waals surface area (Å²) in [6.45, 7) is 4.36. The van der Waals surface area contributed by atoms with Crippen LogP contribution in [-0.2, 0) is 0 Å². The van der Waals surface area contributed by atoms with E-state index in [4.69, 9.17) is 0 Å². The Morgan fingerprint density at radius 1 is 1.50 bits per heavy atom. The molecule has 42 valence electrons. The summed E-state index contributed by atoms with van der Waals surface area (Å²) in [7, 11) is 0. The summed E-state index contributed by atoms with van der Waals surface area (Å²) in [4.78, 5) is 0. The normalized spacial score (nSPS) is 24.8. The summed E-state index contributed by atoms with van der Waals surface area (Å²) < 4.78 is 0. The van der Waals surface area contributed by atoms with Gasteiger partial charge in [0.25, 0.3) is 0 Å². The molecule has 0 radical (unpaired) electrons. The predicted octanol–water partition coefficient (Wildman–Crippen LogP) is 1.22. The van der Waals surface area contributed by atoms with Gasteiger partial charge in [-0.3, -0.25) is 0 Å². The van der Waals surface area contributed by atoms with Gasteiger partial charge in [0.15, 0.2) is 0 Å². The van der Waals surface area contributed by atoms with E-state index in [9.17, 15) is 0 Å². The average Bonchev–Trinajstić information content (AvgIpc) is 1.91. The van der Waals surface area contributed by atoms with Crippen LogP contribution in [-0.4, -0.2) is 23.1 Å². The van der Waals surface area contributed by atoms with Crippen molar-refractivity contribution >= 4 is 23.1 Å². The minimum atomic E-state index is 0. The van der Waals surface area contributed by atoms with Gasteiger partial charge in [-0.05, 0) is 12.8 Å². The van der Waals surface area contributed by atoms with Gasteiger partial charge in [0.1, 0.15) is 0 Å². The van der Waals surface area contributed by atoms with E-state index in [1.807, 2.05) is 0 Å². The second kappa shape index (κ2) is 3.31. The summed E-state index contributed by atoms with van der Waals surface area (Å²) in [5.41, 5.74) is 1.47. The number of hydrogen-bond donors (Lipinski definition) is 0. The van der Waals surface area contributed by atoms with Crippen molar-refractivity contribution in [2.75, 3.05) is 0 Å². The number of rotatable bonds is 0. The van der Waals surface area contributed by atoms with Crippen LogP contribution in [0.2, 0.25) is 0 Å². The highest BCUT2D eigenvalue weighted by atomic mass is 24.3. The second-order valence-corrected chi connectivity index (χ2v) is 2.08. The maximum Gasteiger partial charge on any atom is 0.316 e. The summed E-state index contributed by atoms with van der Waals surface area (Å²) >= 11 is 0. The van der Waals surface area contributed by atoms with E-state index in [1.54, 1.807) is 0 Å². The minimum Gasteiger partial charge on any atom is -0.0776 e. The lowest BCUT2D eigenvalue weighted by Gasteiger charge is -1.96. The monoisotopic (exact) mass is 120 g/mol. The maximum absolute atomic E-state index is 2.20. The fourth-order valence-corrected chi connectivity index (χ4v) is 0.678. The fourth-order valence-electron chi connectivity index (χ4n) is 0.678. The fraction of sp³-hybridized carbons (Fsp3) is 0.429. The third kappa shape index (κ3) is 1.64. The molecular weight excluding hydrogens is 108 g/mol. The first-order valence-corrected chi connectivity index (χ1v) is 2.65. The van der Waals surface area contributed by atoms with Gasteiger partial charge in [0.2, 0.25) is 0 Å². The maximum atomic E-state index is 2.20. The van der Waals surface area contributed by atoms with Gasteiger partial charge in [-0.15, -0.1) is 0 Å². The molecule has 1 unspecified atom stereocenters. The predicted molar refractivity (Wildman–Crippen MR) is 40.6 cm³/mol. The minimum absolute atomic E-state index is 0. The molecule has 1 aliphatic carbocycles. The molecule has 8 heavy (non-hydrogen) atoms. The van der Waals surface area contributed by atoms with Gasteiger partial charge in [0, 0.05) is 0 Å². The molecule has 0 fully saturated rings. The molecule has 0 heterocycles. The highest BCUT2D eigenvalue weighted by molar-refractivity contribution is 5.75. The van der Waals surface area contributed by atoms with Crippen LogP contribution in [0.3, 0.4) is 0 Å². The molecule has 0 bridgehead atoms. The van der Waals surface area contributed by atoms with Gasteiger partial charge in [0.05, 0.1) is 0 Å². The molecule has 0 spiro atoms. The van der Waals surface area contributed by atoms with Crippen LogP contribution in [0, 0.1) is 5.92 Å². The average molecular weight is 120 g/mol. The van der Waals surface area contributed by atoms with Crippen molar-refractivity contribution < 1.29 is 0 Å². The zero-order valence-electron chi connectivity index (χ0n) is 4.81. The first-order chi connectivity index (χ1) is 3.30. The van der Waals surface area contributed by atoms with Crippen molar-refractivity contribution in [2.45, 2.75) is 13.8 Å². The molecule has 0 nitrogen and oxygen atoms in total. The molecule has 1 atom stereocenters. The highest BCUT2D eigenvalue weighted by Crippen LogP contribution is 2.16. The third-order valence-electron chi connectivity index (χ3n) is 1.48. The Labute approximate surface area is 66.8 Å². The summed E-state index contributed by atoms with van der Waals surface area (Å²) in [5.74, 6) is 0.694. The first-order valence-electron chi connectivity index (χ1n) is 2.65. The first kappa shape index (κ1) is 8.25. The van der Waals surface area contributed by atoms with Crippen molar-refractivity contribution in [3.63, 3.8) is 0 Å². The smallest absolute Gasteiger partial charge is 0.0776 e. The Kier molecular flexibility index (Phi) is 3.41. The largest absolute Gasteiger partial charge is 0.316 e.